The van der Waals surface area contributed by atoms with E-state index in [0.717, 1.165) is 42.5 Å². The van der Waals surface area contributed by atoms with Crippen LogP contribution in [0.25, 0.3) is 0 Å². The van der Waals surface area contributed by atoms with Gasteiger partial charge in [0.05, 0.1) is 0 Å². The molecule has 0 radical (unpaired) electrons. The third-order valence-corrected chi connectivity index (χ3v) is 3.30. The second-order valence-corrected chi connectivity index (χ2v) is 4.62. The summed E-state index contributed by atoms with van der Waals surface area (Å²) in [5, 5.41) is 17.8. The van der Waals surface area contributed by atoms with Crippen molar-refractivity contribution in [3.05, 3.63) is 18.5 Å². The molecule has 4 nitrogen and oxygen atoms in total. The quantitative estimate of drug-likeness (QED) is 0.430. The van der Waals surface area contributed by atoms with Gasteiger partial charge >= 0.3 is 0 Å². The van der Waals surface area contributed by atoms with Crippen LogP contribution in [0.3, 0.4) is 0 Å². The third kappa shape index (κ3) is 3.98. The Hall–Kier alpha value is -0.810. The Morgan fingerprint density at radius 3 is 2.88 bits per heavy atom. The summed E-state index contributed by atoms with van der Waals surface area (Å²) in [6.07, 6.45) is 4.91. The average Bonchev–Trinajstić information content (AvgIpc) is 2.62. The zero-order valence-electron chi connectivity index (χ0n) is 9.72. The first-order chi connectivity index (χ1) is 7.79. The van der Waals surface area contributed by atoms with E-state index < -0.39 is 0 Å². The molecule has 1 heterocycles. The van der Waals surface area contributed by atoms with E-state index >= 15 is 0 Å². The molecule has 0 saturated carbocycles. The van der Waals surface area contributed by atoms with Gasteiger partial charge in [0, 0.05) is 18.9 Å². The van der Waals surface area contributed by atoms with Crippen LogP contribution in [0.1, 0.15) is 25.1 Å². The summed E-state index contributed by atoms with van der Waals surface area (Å²) >= 11 is 1.72. The Balaban J connectivity index is 2.38. The fourth-order valence-electron chi connectivity index (χ4n) is 1.36. The van der Waals surface area contributed by atoms with Crippen molar-refractivity contribution in [1.29, 1.82) is 0 Å². The Kier molecular flexibility index (Phi) is 6.18. The number of hydrogen-bond donors (Lipinski definition) is 1. The summed E-state index contributed by atoms with van der Waals surface area (Å²) in [4.78, 5) is 0. The summed E-state index contributed by atoms with van der Waals surface area (Å²) in [7, 11) is 0. The van der Waals surface area contributed by atoms with E-state index in [1.807, 2.05) is 13.0 Å². The van der Waals surface area contributed by atoms with E-state index in [4.69, 9.17) is 5.11 Å². The Labute approximate surface area is 101 Å². The van der Waals surface area contributed by atoms with Crippen LogP contribution in [0.5, 0.6) is 0 Å². The van der Waals surface area contributed by atoms with Gasteiger partial charge in [-0.15, -0.1) is 16.8 Å². The number of nitrogens with zero attached hydrogens (tertiary/aromatic N) is 3. The highest BCUT2D eigenvalue weighted by molar-refractivity contribution is 7.99. The highest BCUT2D eigenvalue weighted by atomic mass is 32.2. The fourth-order valence-corrected chi connectivity index (χ4v) is 2.35. The molecule has 1 rings (SSSR count). The molecule has 0 amide bonds. The molecule has 1 N–H and O–H groups in total. The zero-order valence-corrected chi connectivity index (χ0v) is 10.5. The number of hydrogen-bond acceptors (Lipinski definition) is 4. The lowest BCUT2D eigenvalue weighted by molar-refractivity contribution is 0.284. The van der Waals surface area contributed by atoms with Crippen molar-refractivity contribution in [2.75, 3.05) is 12.4 Å². The second kappa shape index (κ2) is 7.46. The molecule has 1 aromatic heterocycles. The summed E-state index contributed by atoms with van der Waals surface area (Å²) in [5.74, 6) is 1.95. The van der Waals surface area contributed by atoms with Crippen molar-refractivity contribution < 1.29 is 5.11 Å². The van der Waals surface area contributed by atoms with E-state index in [-0.39, 0.29) is 6.61 Å². The molecule has 90 valence electrons. The normalized spacial score (nSPS) is 10.6. The van der Waals surface area contributed by atoms with Gasteiger partial charge in [-0.1, -0.05) is 24.3 Å². The van der Waals surface area contributed by atoms with Crippen molar-refractivity contribution in [3.8, 4) is 0 Å². The number of allylic oxidation sites excluding steroid dienone is 1. The molecule has 5 heteroatoms. The second-order valence-electron chi connectivity index (χ2n) is 3.56. The predicted octanol–water partition coefficient (Wildman–Crippen LogP) is 2.03. The first kappa shape index (κ1) is 13.3. The minimum Gasteiger partial charge on any atom is -0.396 e. The SMILES string of the molecule is C=CCn1c(C)nnc1SCCCCCO. The summed E-state index contributed by atoms with van der Waals surface area (Å²) < 4.78 is 2.06. The Bertz CT molecular complexity index is 325. The molecule has 0 aliphatic rings. The van der Waals surface area contributed by atoms with Crippen molar-refractivity contribution in [2.24, 2.45) is 0 Å². The maximum Gasteiger partial charge on any atom is 0.191 e. The number of thioether (sulfide) groups is 1. The fraction of sp³-hybridized carbons (Fsp3) is 0.636. The van der Waals surface area contributed by atoms with Crippen LogP contribution in [0.15, 0.2) is 17.8 Å². The van der Waals surface area contributed by atoms with Gasteiger partial charge in [-0.2, -0.15) is 0 Å². The molecule has 0 spiro atoms. The Morgan fingerprint density at radius 1 is 1.38 bits per heavy atom. The van der Waals surface area contributed by atoms with Crippen LogP contribution >= 0.6 is 11.8 Å². The molecule has 1 aromatic rings. The number of aromatic nitrogens is 3. The van der Waals surface area contributed by atoms with Crippen LogP contribution in [-0.2, 0) is 6.54 Å². The molecular formula is C11H19N3OS. The van der Waals surface area contributed by atoms with Crippen molar-refractivity contribution in [2.45, 2.75) is 37.9 Å². The molecule has 0 atom stereocenters. The molecule has 0 saturated heterocycles. The van der Waals surface area contributed by atoms with Gasteiger partial charge in [0.25, 0.3) is 0 Å². The lowest BCUT2D eigenvalue weighted by Crippen LogP contribution is -2.00. The van der Waals surface area contributed by atoms with Gasteiger partial charge < -0.3 is 9.67 Å². The Morgan fingerprint density at radius 2 is 2.19 bits per heavy atom. The van der Waals surface area contributed by atoms with E-state index in [9.17, 15) is 0 Å². The predicted molar refractivity (Wildman–Crippen MR) is 66.6 cm³/mol. The molecule has 0 bridgehead atoms. The maximum atomic E-state index is 8.66. The number of aliphatic hydroxyl groups excluding tert-OH is 1. The van der Waals surface area contributed by atoms with Gasteiger partial charge in [0.1, 0.15) is 5.82 Å². The molecule has 0 aliphatic carbocycles. The number of aryl methyl sites for hydroxylation is 1. The van der Waals surface area contributed by atoms with Gasteiger partial charge in [-0.3, -0.25) is 0 Å². The molecule has 16 heavy (non-hydrogen) atoms. The minimum atomic E-state index is 0.288. The van der Waals surface area contributed by atoms with E-state index in [0.29, 0.717) is 0 Å². The average molecular weight is 241 g/mol. The molecular weight excluding hydrogens is 222 g/mol. The number of unbranched alkanes of at least 4 members (excludes halogenated alkanes) is 2. The number of rotatable bonds is 8. The summed E-state index contributed by atoms with van der Waals surface area (Å²) in [6.45, 7) is 6.73. The van der Waals surface area contributed by atoms with Crippen LogP contribution in [0.2, 0.25) is 0 Å². The minimum absolute atomic E-state index is 0.288. The van der Waals surface area contributed by atoms with Gasteiger partial charge in [0.15, 0.2) is 5.16 Å². The highest BCUT2D eigenvalue weighted by Gasteiger charge is 2.07. The zero-order chi connectivity index (χ0) is 11.8. The van der Waals surface area contributed by atoms with E-state index in [1.54, 1.807) is 11.8 Å². The van der Waals surface area contributed by atoms with Gasteiger partial charge in [0.2, 0.25) is 0 Å². The standard InChI is InChI=1S/C11H19N3OS/c1-3-7-14-10(2)12-13-11(14)16-9-6-4-5-8-15/h3,15H,1,4-9H2,2H3. The maximum absolute atomic E-state index is 8.66. The smallest absolute Gasteiger partial charge is 0.191 e. The van der Waals surface area contributed by atoms with E-state index in [2.05, 4.69) is 21.3 Å². The summed E-state index contributed by atoms with van der Waals surface area (Å²) in [6, 6.07) is 0. The molecule has 0 fully saturated rings. The van der Waals surface area contributed by atoms with Crippen molar-refractivity contribution in [1.82, 2.24) is 14.8 Å². The molecule has 0 aliphatic heterocycles. The van der Waals surface area contributed by atoms with Crippen molar-refractivity contribution in [3.63, 3.8) is 0 Å². The van der Waals surface area contributed by atoms with E-state index in [1.165, 1.54) is 0 Å². The highest BCUT2D eigenvalue weighted by Crippen LogP contribution is 2.18. The largest absolute Gasteiger partial charge is 0.396 e. The topological polar surface area (TPSA) is 50.9 Å². The third-order valence-electron chi connectivity index (χ3n) is 2.25. The lowest BCUT2D eigenvalue weighted by Gasteiger charge is -2.04. The first-order valence-corrected chi connectivity index (χ1v) is 6.52. The lowest BCUT2D eigenvalue weighted by atomic mass is 10.3. The van der Waals surface area contributed by atoms with Gasteiger partial charge in [-0.25, -0.2) is 0 Å². The van der Waals surface area contributed by atoms with Crippen LogP contribution in [-0.4, -0.2) is 32.2 Å². The number of aliphatic hydroxyl groups is 1. The van der Waals surface area contributed by atoms with Crippen LogP contribution < -0.4 is 0 Å². The van der Waals surface area contributed by atoms with Crippen LogP contribution in [0, 0.1) is 6.92 Å². The summed E-state index contributed by atoms with van der Waals surface area (Å²) in [5.41, 5.74) is 0. The molecule has 0 aromatic carbocycles. The molecule has 0 unspecified atom stereocenters. The first-order valence-electron chi connectivity index (χ1n) is 5.54. The van der Waals surface area contributed by atoms with Crippen molar-refractivity contribution >= 4 is 11.8 Å². The van der Waals surface area contributed by atoms with Crippen LogP contribution in [0.4, 0.5) is 0 Å². The van der Waals surface area contributed by atoms with Gasteiger partial charge in [-0.05, 0) is 19.8 Å². The monoisotopic (exact) mass is 241 g/mol.